The van der Waals surface area contributed by atoms with Crippen LogP contribution in [0.5, 0.6) is 0 Å². The number of nitrogens with zero attached hydrogens (tertiary/aromatic N) is 1. The topological polar surface area (TPSA) is 55.6 Å². The summed E-state index contributed by atoms with van der Waals surface area (Å²) < 4.78 is 42.4. The van der Waals surface area contributed by atoms with Crippen LogP contribution in [-0.4, -0.2) is 19.2 Å². The van der Waals surface area contributed by atoms with Crippen molar-refractivity contribution in [1.82, 2.24) is 0 Å². The molecular weight excluding hydrogens is 249 g/mol. The summed E-state index contributed by atoms with van der Waals surface area (Å²) in [6.45, 7) is 0.462. The van der Waals surface area contributed by atoms with E-state index in [0.29, 0.717) is 12.2 Å². The van der Waals surface area contributed by atoms with E-state index in [4.69, 9.17) is 10.5 Å². The van der Waals surface area contributed by atoms with Gasteiger partial charge in [0.25, 0.3) is 0 Å². The number of ether oxygens (including phenoxy) is 1. The molecule has 1 heterocycles. The van der Waals surface area contributed by atoms with Gasteiger partial charge in [-0.3, -0.25) is 4.90 Å². The summed E-state index contributed by atoms with van der Waals surface area (Å²) in [5.41, 5.74) is 5.29. The number of alkyl halides is 3. The maximum absolute atomic E-state index is 12.5. The predicted molar refractivity (Wildman–Crippen MR) is 58.0 cm³/mol. The molecule has 1 saturated heterocycles. The third-order valence-electron chi connectivity index (χ3n) is 2.68. The summed E-state index contributed by atoms with van der Waals surface area (Å²) in [7, 11) is 0. The monoisotopic (exact) mass is 260 g/mol. The number of nitrogens with two attached hydrogens (primary N) is 1. The molecule has 4 nitrogen and oxygen atoms in total. The first-order valence-electron chi connectivity index (χ1n) is 5.28. The fraction of sp³-hybridized carbons (Fsp3) is 0.364. The molecule has 98 valence electrons. The molecule has 1 aromatic rings. The average molecular weight is 260 g/mol. The van der Waals surface area contributed by atoms with Crippen molar-refractivity contribution >= 4 is 11.8 Å². The van der Waals surface area contributed by atoms with Gasteiger partial charge in [-0.25, -0.2) is 4.79 Å². The Morgan fingerprint density at radius 1 is 1.39 bits per heavy atom. The van der Waals surface area contributed by atoms with Crippen LogP contribution < -0.4 is 10.6 Å². The highest BCUT2D eigenvalue weighted by Crippen LogP contribution is 2.33. The SMILES string of the molecule is NCc1cc(C(F)(F)F)ccc1N1CCOC1=O. The largest absolute Gasteiger partial charge is 0.447 e. The maximum Gasteiger partial charge on any atom is 0.416 e. The van der Waals surface area contributed by atoms with Gasteiger partial charge in [0.2, 0.25) is 0 Å². The second-order valence-corrected chi connectivity index (χ2v) is 3.81. The normalized spacial score (nSPS) is 16.0. The fourth-order valence-corrected chi connectivity index (χ4v) is 1.80. The molecule has 0 spiro atoms. The van der Waals surface area contributed by atoms with E-state index in [0.717, 1.165) is 12.1 Å². The van der Waals surface area contributed by atoms with Crippen molar-refractivity contribution in [2.45, 2.75) is 12.7 Å². The molecule has 0 aromatic heterocycles. The number of halogens is 3. The molecule has 0 atom stereocenters. The van der Waals surface area contributed by atoms with Crippen LogP contribution in [0.25, 0.3) is 0 Å². The molecule has 0 aliphatic carbocycles. The summed E-state index contributed by atoms with van der Waals surface area (Å²) in [5.74, 6) is 0. The standard InChI is InChI=1S/C11H11F3N2O2/c12-11(13,14)8-1-2-9(7(5-8)6-15)16-3-4-18-10(16)17/h1-2,5H,3-4,6,15H2. The Morgan fingerprint density at radius 3 is 2.61 bits per heavy atom. The number of carbonyl (C=O) groups is 1. The summed E-state index contributed by atoms with van der Waals surface area (Å²) in [6.07, 6.45) is -4.99. The van der Waals surface area contributed by atoms with Gasteiger partial charge in [-0.15, -0.1) is 0 Å². The first-order chi connectivity index (χ1) is 8.43. The van der Waals surface area contributed by atoms with Gasteiger partial charge < -0.3 is 10.5 Å². The second-order valence-electron chi connectivity index (χ2n) is 3.81. The lowest BCUT2D eigenvalue weighted by Crippen LogP contribution is -2.25. The van der Waals surface area contributed by atoms with Crippen molar-refractivity contribution < 1.29 is 22.7 Å². The maximum atomic E-state index is 12.5. The van der Waals surface area contributed by atoms with E-state index < -0.39 is 17.8 Å². The quantitative estimate of drug-likeness (QED) is 0.886. The second kappa shape index (κ2) is 4.49. The van der Waals surface area contributed by atoms with Crippen molar-refractivity contribution in [2.24, 2.45) is 5.73 Å². The van der Waals surface area contributed by atoms with Crippen LogP contribution >= 0.6 is 0 Å². The van der Waals surface area contributed by atoms with Crippen molar-refractivity contribution in [3.05, 3.63) is 29.3 Å². The molecule has 1 fully saturated rings. The van der Waals surface area contributed by atoms with E-state index in [1.54, 1.807) is 0 Å². The third-order valence-corrected chi connectivity index (χ3v) is 2.68. The Kier molecular flexibility index (Phi) is 3.16. The van der Waals surface area contributed by atoms with Gasteiger partial charge in [0.05, 0.1) is 17.8 Å². The van der Waals surface area contributed by atoms with Crippen LogP contribution in [0.3, 0.4) is 0 Å². The molecule has 1 amide bonds. The first-order valence-corrected chi connectivity index (χ1v) is 5.28. The average Bonchev–Trinajstić information content (AvgIpc) is 2.73. The molecule has 1 aliphatic rings. The van der Waals surface area contributed by atoms with E-state index in [9.17, 15) is 18.0 Å². The first kappa shape index (κ1) is 12.7. The molecule has 18 heavy (non-hydrogen) atoms. The van der Waals surface area contributed by atoms with E-state index in [1.807, 2.05) is 0 Å². The minimum absolute atomic E-state index is 0.0803. The molecule has 2 rings (SSSR count). The number of anilines is 1. The summed E-state index contributed by atoms with van der Waals surface area (Å²) >= 11 is 0. The number of hydrogen-bond donors (Lipinski definition) is 1. The molecule has 1 aromatic carbocycles. The lowest BCUT2D eigenvalue weighted by molar-refractivity contribution is -0.137. The van der Waals surface area contributed by atoms with E-state index in [1.165, 1.54) is 11.0 Å². The van der Waals surface area contributed by atoms with E-state index in [2.05, 4.69) is 0 Å². The minimum Gasteiger partial charge on any atom is -0.447 e. The highest BCUT2D eigenvalue weighted by molar-refractivity contribution is 5.90. The molecule has 0 bridgehead atoms. The Bertz CT molecular complexity index is 474. The van der Waals surface area contributed by atoms with Gasteiger partial charge in [-0.2, -0.15) is 13.2 Å². The van der Waals surface area contributed by atoms with Crippen molar-refractivity contribution in [3.63, 3.8) is 0 Å². The molecular formula is C11H11F3N2O2. The zero-order valence-electron chi connectivity index (χ0n) is 9.33. The van der Waals surface area contributed by atoms with Crippen LogP contribution in [0.15, 0.2) is 18.2 Å². The van der Waals surface area contributed by atoms with Crippen LogP contribution in [0.2, 0.25) is 0 Å². The number of hydrogen-bond acceptors (Lipinski definition) is 3. The summed E-state index contributed by atoms with van der Waals surface area (Å²) in [6, 6.07) is 3.14. The van der Waals surface area contributed by atoms with Crippen LogP contribution in [-0.2, 0) is 17.5 Å². The Morgan fingerprint density at radius 2 is 2.11 bits per heavy atom. The zero-order chi connectivity index (χ0) is 13.3. The lowest BCUT2D eigenvalue weighted by atomic mass is 10.1. The van der Waals surface area contributed by atoms with Crippen LogP contribution in [0, 0.1) is 0 Å². The van der Waals surface area contributed by atoms with Crippen LogP contribution in [0.1, 0.15) is 11.1 Å². The molecule has 1 aliphatic heterocycles. The summed E-state index contributed by atoms with van der Waals surface area (Å²) in [4.78, 5) is 12.6. The minimum atomic E-state index is -4.42. The Balaban J connectivity index is 2.40. The fourth-order valence-electron chi connectivity index (χ4n) is 1.80. The van der Waals surface area contributed by atoms with Gasteiger partial charge in [-0.05, 0) is 23.8 Å². The summed E-state index contributed by atoms with van der Waals surface area (Å²) in [5, 5.41) is 0. The van der Waals surface area contributed by atoms with Gasteiger partial charge in [0.1, 0.15) is 6.61 Å². The van der Waals surface area contributed by atoms with Crippen molar-refractivity contribution in [2.75, 3.05) is 18.1 Å². The highest BCUT2D eigenvalue weighted by Gasteiger charge is 2.32. The number of carbonyl (C=O) groups excluding carboxylic acids is 1. The lowest BCUT2D eigenvalue weighted by Gasteiger charge is -2.18. The van der Waals surface area contributed by atoms with Crippen molar-refractivity contribution in [3.8, 4) is 0 Å². The number of benzene rings is 1. The predicted octanol–water partition coefficient (Wildman–Crippen LogP) is 2.12. The van der Waals surface area contributed by atoms with Crippen molar-refractivity contribution in [1.29, 1.82) is 0 Å². The Labute approximate surface area is 101 Å². The molecule has 0 unspecified atom stereocenters. The van der Waals surface area contributed by atoms with Gasteiger partial charge in [0, 0.05) is 6.54 Å². The number of rotatable bonds is 2. The van der Waals surface area contributed by atoms with Gasteiger partial charge in [0.15, 0.2) is 0 Å². The highest BCUT2D eigenvalue weighted by atomic mass is 19.4. The van der Waals surface area contributed by atoms with Gasteiger partial charge >= 0.3 is 12.3 Å². The number of amides is 1. The zero-order valence-corrected chi connectivity index (χ0v) is 9.33. The molecule has 2 N–H and O–H groups in total. The number of cyclic esters (lactones) is 1. The van der Waals surface area contributed by atoms with Crippen LogP contribution in [0.4, 0.5) is 23.7 Å². The molecule has 0 radical (unpaired) electrons. The van der Waals surface area contributed by atoms with E-state index in [-0.39, 0.29) is 18.7 Å². The molecule has 7 heteroatoms. The van der Waals surface area contributed by atoms with E-state index >= 15 is 0 Å². The third kappa shape index (κ3) is 2.26. The smallest absolute Gasteiger partial charge is 0.416 e. The molecule has 0 saturated carbocycles. The van der Waals surface area contributed by atoms with Gasteiger partial charge in [-0.1, -0.05) is 0 Å². The Hall–Kier alpha value is -1.76.